The van der Waals surface area contributed by atoms with Crippen LogP contribution < -0.4 is 0 Å². The highest BCUT2D eigenvalue weighted by Crippen LogP contribution is 2.42. The fourth-order valence-corrected chi connectivity index (χ4v) is 4.49. The molecule has 1 heterocycles. The predicted octanol–water partition coefficient (Wildman–Crippen LogP) is 3.94. The van der Waals surface area contributed by atoms with E-state index in [1.165, 1.54) is 11.1 Å². The van der Waals surface area contributed by atoms with Crippen LogP contribution in [0.25, 0.3) is 11.0 Å². The molecule has 3 aromatic rings. The number of aromatic nitrogens is 2. The van der Waals surface area contributed by atoms with Gasteiger partial charge in [-0.15, -0.1) is 0 Å². The topological polar surface area (TPSA) is 89.5 Å². The number of nitrogens with zero attached hydrogens (tertiary/aromatic N) is 3. The Bertz CT molecular complexity index is 1200. The van der Waals surface area contributed by atoms with Crippen LogP contribution in [0.2, 0.25) is 5.02 Å². The molecule has 1 fully saturated rings. The van der Waals surface area contributed by atoms with E-state index in [1.807, 2.05) is 6.07 Å². The zero-order valence-corrected chi connectivity index (χ0v) is 18.3. The molecule has 0 aliphatic heterocycles. The van der Waals surface area contributed by atoms with Crippen LogP contribution in [-0.2, 0) is 19.9 Å². The van der Waals surface area contributed by atoms with Crippen molar-refractivity contribution >= 4 is 40.3 Å². The second-order valence-electron chi connectivity index (χ2n) is 7.74. The molecule has 0 radical (unpaired) electrons. The number of likely N-dealkylation sites (N-methyl/N-ethyl adjacent to an activating group) is 1. The smallest absolute Gasteiger partial charge is 0.359 e. The molecular weight excluding hydrogens is 430 g/mol. The van der Waals surface area contributed by atoms with Gasteiger partial charge in [0.05, 0.1) is 17.2 Å². The second-order valence-corrected chi connectivity index (χ2v) is 8.15. The van der Waals surface area contributed by atoms with E-state index in [0.717, 1.165) is 12.8 Å². The highest BCUT2D eigenvalue weighted by Gasteiger charge is 2.48. The van der Waals surface area contributed by atoms with Crippen LogP contribution in [0, 0.1) is 0 Å². The van der Waals surface area contributed by atoms with Crippen molar-refractivity contribution in [2.45, 2.75) is 31.2 Å². The van der Waals surface area contributed by atoms with Gasteiger partial charge in [0, 0.05) is 24.1 Å². The summed E-state index contributed by atoms with van der Waals surface area (Å²) in [6.45, 7) is -0.524. The van der Waals surface area contributed by atoms with Crippen LogP contribution in [-0.4, -0.2) is 46.2 Å². The summed E-state index contributed by atoms with van der Waals surface area (Å²) in [5.41, 5.74) is 0.624. The fraction of sp³-hybridized carbons (Fsp3) is 0.292. The maximum Gasteiger partial charge on any atom is 0.359 e. The third kappa shape index (κ3) is 3.96. The number of ketones is 1. The number of hydrogen-bond donors (Lipinski definition) is 0. The Balaban J connectivity index is 1.54. The number of carbonyl (C=O) groups excluding carboxylic acids is 3. The molecule has 8 heteroatoms. The standard InChI is InChI=1S/C24H22ClN3O4/c1-28(24(13-7-6-12-21(24)29)16-8-2-3-9-17(16)25)22(30)15-32-23(31)20-14-26-18-10-4-5-11-19(18)27-20/h2-5,8-11,14H,6-7,12-13,15H2,1H3. The summed E-state index contributed by atoms with van der Waals surface area (Å²) in [5.74, 6) is -1.33. The van der Waals surface area contributed by atoms with Gasteiger partial charge >= 0.3 is 5.97 Å². The van der Waals surface area contributed by atoms with Crippen LogP contribution in [0.5, 0.6) is 0 Å². The lowest BCUT2D eigenvalue weighted by Crippen LogP contribution is -2.55. The number of fused-ring (bicyclic) bond motifs is 1. The number of rotatable bonds is 5. The number of amides is 1. The third-order valence-electron chi connectivity index (χ3n) is 5.90. The monoisotopic (exact) mass is 451 g/mol. The lowest BCUT2D eigenvalue weighted by molar-refractivity contribution is -0.150. The Kier molecular flexibility index (Phi) is 6.19. The Morgan fingerprint density at radius 1 is 1.09 bits per heavy atom. The van der Waals surface area contributed by atoms with Crippen molar-refractivity contribution in [2.24, 2.45) is 0 Å². The maximum absolute atomic E-state index is 13.1. The largest absolute Gasteiger partial charge is 0.451 e. The first-order valence-electron chi connectivity index (χ1n) is 10.4. The number of benzene rings is 2. The molecule has 1 aromatic heterocycles. The molecule has 2 aromatic carbocycles. The van der Waals surface area contributed by atoms with Crippen LogP contribution in [0.1, 0.15) is 41.7 Å². The average Bonchev–Trinajstić information content (AvgIpc) is 2.82. The zero-order valence-electron chi connectivity index (χ0n) is 17.6. The molecule has 7 nitrogen and oxygen atoms in total. The molecule has 0 N–H and O–H groups in total. The summed E-state index contributed by atoms with van der Waals surface area (Å²) in [6.07, 6.45) is 3.68. The van der Waals surface area contributed by atoms with Crippen molar-refractivity contribution in [3.8, 4) is 0 Å². The molecular formula is C24H22ClN3O4. The zero-order chi connectivity index (χ0) is 22.7. The van der Waals surface area contributed by atoms with Crippen LogP contribution in [0.15, 0.2) is 54.7 Å². The normalized spacial score (nSPS) is 18.4. The molecule has 0 spiro atoms. The van der Waals surface area contributed by atoms with Crippen molar-refractivity contribution in [3.05, 3.63) is 71.0 Å². The highest BCUT2D eigenvalue weighted by atomic mass is 35.5. The second kappa shape index (κ2) is 9.04. The lowest BCUT2D eigenvalue weighted by atomic mass is 9.74. The Morgan fingerprint density at radius 3 is 2.56 bits per heavy atom. The quantitative estimate of drug-likeness (QED) is 0.546. The summed E-state index contributed by atoms with van der Waals surface area (Å²) < 4.78 is 5.22. The van der Waals surface area contributed by atoms with E-state index in [4.69, 9.17) is 16.3 Å². The highest BCUT2D eigenvalue weighted by molar-refractivity contribution is 6.31. The molecule has 0 saturated heterocycles. The number of Topliss-reactive ketones (excluding diaryl/α,β-unsaturated/α-hetero) is 1. The summed E-state index contributed by atoms with van der Waals surface area (Å²) in [4.78, 5) is 48.4. The van der Waals surface area contributed by atoms with Gasteiger partial charge < -0.3 is 9.64 Å². The number of ether oxygens (including phenoxy) is 1. The van der Waals surface area contributed by atoms with Crippen molar-refractivity contribution in [3.63, 3.8) is 0 Å². The summed E-state index contributed by atoms with van der Waals surface area (Å²) in [6, 6.07) is 14.2. The van der Waals surface area contributed by atoms with Crippen molar-refractivity contribution in [1.29, 1.82) is 0 Å². The molecule has 32 heavy (non-hydrogen) atoms. The first-order chi connectivity index (χ1) is 15.4. The predicted molar refractivity (Wildman–Crippen MR) is 119 cm³/mol. The van der Waals surface area contributed by atoms with E-state index in [9.17, 15) is 14.4 Å². The third-order valence-corrected chi connectivity index (χ3v) is 6.23. The molecule has 1 aliphatic rings. The molecule has 1 saturated carbocycles. The van der Waals surface area contributed by atoms with Crippen molar-refractivity contribution in [2.75, 3.05) is 13.7 Å². The molecule has 1 unspecified atom stereocenters. The van der Waals surface area contributed by atoms with E-state index in [2.05, 4.69) is 9.97 Å². The summed E-state index contributed by atoms with van der Waals surface area (Å²) in [7, 11) is 1.55. The van der Waals surface area contributed by atoms with Crippen LogP contribution >= 0.6 is 11.6 Å². The van der Waals surface area contributed by atoms with Gasteiger partial charge in [0.2, 0.25) is 0 Å². The molecule has 1 aliphatic carbocycles. The van der Waals surface area contributed by atoms with Gasteiger partial charge in [-0.05, 0) is 37.5 Å². The van der Waals surface area contributed by atoms with E-state index in [-0.39, 0.29) is 11.5 Å². The first kappa shape index (κ1) is 21.9. The average molecular weight is 452 g/mol. The number of halogens is 1. The first-order valence-corrected chi connectivity index (χ1v) is 10.7. The molecule has 164 valence electrons. The summed E-state index contributed by atoms with van der Waals surface area (Å²) >= 11 is 6.43. The van der Waals surface area contributed by atoms with Gasteiger partial charge in [0.25, 0.3) is 5.91 Å². The van der Waals surface area contributed by atoms with Gasteiger partial charge in [-0.25, -0.2) is 9.78 Å². The Hall–Kier alpha value is -3.32. The Morgan fingerprint density at radius 2 is 1.81 bits per heavy atom. The van der Waals surface area contributed by atoms with E-state index in [0.29, 0.717) is 34.5 Å². The van der Waals surface area contributed by atoms with Gasteiger partial charge in [-0.1, -0.05) is 41.9 Å². The molecule has 0 bridgehead atoms. The minimum absolute atomic E-state index is 0.00807. The molecule has 1 atom stereocenters. The summed E-state index contributed by atoms with van der Waals surface area (Å²) in [5, 5.41) is 0.422. The number of esters is 1. The maximum atomic E-state index is 13.1. The number of para-hydroxylation sites is 2. The van der Waals surface area contributed by atoms with Gasteiger partial charge in [-0.2, -0.15) is 0 Å². The van der Waals surface area contributed by atoms with Crippen molar-refractivity contribution in [1.82, 2.24) is 14.9 Å². The van der Waals surface area contributed by atoms with E-state index >= 15 is 0 Å². The van der Waals surface area contributed by atoms with Crippen molar-refractivity contribution < 1.29 is 19.1 Å². The molecule has 1 amide bonds. The van der Waals surface area contributed by atoms with Crippen LogP contribution in [0.4, 0.5) is 0 Å². The number of carbonyl (C=O) groups is 3. The number of hydrogen-bond acceptors (Lipinski definition) is 6. The van der Waals surface area contributed by atoms with Gasteiger partial charge in [0.1, 0.15) is 5.54 Å². The molecule has 4 rings (SSSR count). The SMILES string of the molecule is CN(C(=O)COC(=O)c1cnc2ccccc2n1)C1(c2ccccc2Cl)CCCCC1=O. The van der Waals surface area contributed by atoms with Gasteiger partial charge in [0.15, 0.2) is 18.1 Å². The van der Waals surface area contributed by atoms with E-state index < -0.39 is 24.0 Å². The Labute approximate surface area is 190 Å². The lowest BCUT2D eigenvalue weighted by Gasteiger charge is -2.43. The minimum Gasteiger partial charge on any atom is -0.451 e. The van der Waals surface area contributed by atoms with E-state index in [1.54, 1.807) is 49.5 Å². The fourth-order valence-electron chi connectivity index (χ4n) is 4.20. The van der Waals surface area contributed by atoms with Gasteiger partial charge in [-0.3, -0.25) is 14.6 Å². The minimum atomic E-state index is -1.18. The van der Waals surface area contributed by atoms with Crippen LogP contribution in [0.3, 0.4) is 0 Å².